The Hall–Kier alpha value is -2.39. The van der Waals surface area contributed by atoms with E-state index in [2.05, 4.69) is 16.0 Å². The topological polar surface area (TPSA) is 60.2 Å². The molecule has 106 valence electrons. The molecule has 5 nitrogen and oxygen atoms in total. The van der Waals surface area contributed by atoms with E-state index in [0.29, 0.717) is 24.2 Å². The molecular formula is C15H14N4OS. The van der Waals surface area contributed by atoms with Gasteiger partial charge in [0.15, 0.2) is 5.13 Å². The summed E-state index contributed by atoms with van der Waals surface area (Å²) in [5.41, 5.74) is 1.21. The molecule has 1 fully saturated rings. The SMILES string of the molecule is N#Cc1ccc(C(=O)N2CCN(c3nccs3)CC2)cc1. The summed E-state index contributed by atoms with van der Waals surface area (Å²) >= 11 is 1.62. The standard InChI is InChI=1S/C15H14N4OS/c16-11-12-1-3-13(4-2-12)14(20)18-6-8-19(9-7-18)15-17-5-10-21-15/h1-5,10H,6-9H2. The number of rotatable bonds is 2. The van der Waals surface area contributed by atoms with Gasteiger partial charge in [-0.2, -0.15) is 5.26 Å². The van der Waals surface area contributed by atoms with Gasteiger partial charge >= 0.3 is 0 Å². The molecular weight excluding hydrogens is 284 g/mol. The van der Waals surface area contributed by atoms with Crippen molar-refractivity contribution in [2.45, 2.75) is 0 Å². The predicted octanol–water partition coefficient (Wildman–Crippen LogP) is 1.98. The Morgan fingerprint density at radius 2 is 1.90 bits per heavy atom. The van der Waals surface area contributed by atoms with Crippen LogP contribution in [0, 0.1) is 11.3 Å². The molecule has 3 rings (SSSR count). The second-order valence-corrected chi connectivity index (χ2v) is 5.66. The summed E-state index contributed by atoms with van der Waals surface area (Å²) < 4.78 is 0. The highest BCUT2D eigenvalue weighted by Crippen LogP contribution is 2.19. The van der Waals surface area contributed by atoms with Crippen molar-refractivity contribution < 1.29 is 4.79 Å². The largest absolute Gasteiger partial charge is 0.345 e. The first-order valence-electron chi connectivity index (χ1n) is 6.72. The molecule has 0 atom stereocenters. The maximum atomic E-state index is 12.4. The van der Waals surface area contributed by atoms with E-state index in [0.717, 1.165) is 18.2 Å². The molecule has 2 heterocycles. The molecule has 0 saturated carbocycles. The third-order valence-corrected chi connectivity index (χ3v) is 4.35. The first-order valence-corrected chi connectivity index (χ1v) is 7.60. The lowest BCUT2D eigenvalue weighted by Gasteiger charge is -2.34. The number of nitrogens with zero attached hydrogens (tertiary/aromatic N) is 4. The number of anilines is 1. The second kappa shape index (κ2) is 5.94. The van der Waals surface area contributed by atoms with Crippen molar-refractivity contribution in [3.8, 4) is 6.07 Å². The molecule has 1 aliphatic rings. The number of aromatic nitrogens is 1. The zero-order valence-corrected chi connectivity index (χ0v) is 12.2. The van der Waals surface area contributed by atoms with Crippen LogP contribution in [0.4, 0.5) is 5.13 Å². The molecule has 1 amide bonds. The predicted molar refractivity (Wildman–Crippen MR) is 81.4 cm³/mol. The van der Waals surface area contributed by atoms with Crippen LogP contribution in [0.5, 0.6) is 0 Å². The van der Waals surface area contributed by atoms with Crippen molar-refractivity contribution in [3.63, 3.8) is 0 Å². The van der Waals surface area contributed by atoms with Crippen LogP contribution in [0.25, 0.3) is 0 Å². The number of thiazole rings is 1. The van der Waals surface area contributed by atoms with Gasteiger partial charge in [-0.1, -0.05) is 0 Å². The highest BCUT2D eigenvalue weighted by molar-refractivity contribution is 7.13. The van der Waals surface area contributed by atoms with Gasteiger partial charge in [-0.15, -0.1) is 11.3 Å². The Kier molecular flexibility index (Phi) is 3.84. The Morgan fingerprint density at radius 3 is 2.48 bits per heavy atom. The number of amides is 1. The van der Waals surface area contributed by atoms with Crippen molar-refractivity contribution in [1.29, 1.82) is 5.26 Å². The monoisotopic (exact) mass is 298 g/mol. The van der Waals surface area contributed by atoms with Crippen LogP contribution in [-0.2, 0) is 0 Å². The van der Waals surface area contributed by atoms with Crippen molar-refractivity contribution in [2.75, 3.05) is 31.1 Å². The van der Waals surface area contributed by atoms with Gasteiger partial charge < -0.3 is 9.80 Å². The third-order valence-electron chi connectivity index (χ3n) is 3.52. The Morgan fingerprint density at radius 1 is 1.19 bits per heavy atom. The van der Waals surface area contributed by atoms with Crippen LogP contribution in [0.3, 0.4) is 0 Å². The Bertz CT molecular complexity index is 652. The van der Waals surface area contributed by atoms with Gasteiger partial charge in [0, 0.05) is 43.3 Å². The fraction of sp³-hybridized carbons (Fsp3) is 0.267. The van der Waals surface area contributed by atoms with Gasteiger partial charge in [0.05, 0.1) is 11.6 Å². The summed E-state index contributed by atoms with van der Waals surface area (Å²) in [6, 6.07) is 8.85. The molecule has 1 aromatic carbocycles. The van der Waals surface area contributed by atoms with Gasteiger partial charge in [0.2, 0.25) is 0 Å². The van der Waals surface area contributed by atoms with Crippen molar-refractivity contribution >= 4 is 22.4 Å². The van der Waals surface area contributed by atoms with Crippen molar-refractivity contribution in [2.24, 2.45) is 0 Å². The molecule has 0 N–H and O–H groups in total. The lowest BCUT2D eigenvalue weighted by atomic mass is 10.1. The van der Waals surface area contributed by atoms with E-state index < -0.39 is 0 Å². The second-order valence-electron chi connectivity index (χ2n) is 4.78. The van der Waals surface area contributed by atoms with E-state index in [1.54, 1.807) is 41.8 Å². The summed E-state index contributed by atoms with van der Waals surface area (Å²) in [5.74, 6) is 0.0262. The van der Waals surface area contributed by atoms with E-state index >= 15 is 0 Å². The van der Waals surface area contributed by atoms with Crippen molar-refractivity contribution in [1.82, 2.24) is 9.88 Å². The molecule has 6 heteroatoms. The van der Waals surface area contributed by atoms with E-state index in [4.69, 9.17) is 5.26 Å². The minimum absolute atomic E-state index is 0.0262. The molecule has 21 heavy (non-hydrogen) atoms. The lowest BCUT2D eigenvalue weighted by molar-refractivity contribution is 0.0747. The summed E-state index contributed by atoms with van der Waals surface area (Å²) in [4.78, 5) is 20.8. The zero-order chi connectivity index (χ0) is 14.7. The smallest absolute Gasteiger partial charge is 0.253 e. The number of carbonyl (C=O) groups excluding carboxylic acids is 1. The molecule has 0 bridgehead atoms. The number of piperazine rings is 1. The van der Waals surface area contributed by atoms with Crippen molar-refractivity contribution in [3.05, 3.63) is 47.0 Å². The highest BCUT2D eigenvalue weighted by Gasteiger charge is 2.23. The maximum Gasteiger partial charge on any atom is 0.253 e. The van der Waals surface area contributed by atoms with Crippen LogP contribution in [0.2, 0.25) is 0 Å². The first-order chi connectivity index (χ1) is 10.3. The third kappa shape index (κ3) is 2.88. The molecule has 1 saturated heterocycles. The highest BCUT2D eigenvalue weighted by atomic mass is 32.1. The average molecular weight is 298 g/mol. The van der Waals surface area contributed by atoms with Gasteiger partial charge in [0.1, 0.15) is 0 Å². The van der Waals surface area contributed by atoms with Crippen LogP contribution < -0.4 is 4.90 Å². The van der Waals surface area contributed by atoms with Crippen LogP contribution in [0.1, 0.15) is 15.9 Å². The number of benzene rings is 1. The summed E-state index contributed by atoms with van der Waals surface area (Å²) in [6.07, 6.45) is 1.80. The van der Waals surface area contributed by atoms with E-state index in [1.807, 2.05) is 10.3 Å². The van der Waals surface area contributed by atoms with E-state index in [9.17, 15) is 4.79 Å². The molecule has 0 unspecified atom stereocenters. The van der Waals surface area contributed by atoms with Crippen LogP contribution in [0.15, 0.2) is 35.8 Å². The summed E-state index contributed by atoms with van der Waals surface area (Å²) in [7, 11) is 0. The van der Waals surface area contributed by atoms with Crippen LogP contribution in [-0.4, -0.2) is 42.0 Å². The zero-order valence-electron chi connectivity index (χ0n) is 11.4. The molecule has 0 spiro atoms. The maximum absolute atomic E-state index is 12.4. The Labute approximate surface area is 127 Å². The molecule has 0 radical (unpaired) electrons. The fourth-order valence-corrected chi connectivity index (χ4v) is 3.04. The lowest BCUT2D eigenvalue weighted by Crippen LogP contribution is -2.48. The Balaban J connectivity index is 1.63. The number of nitriles is 1. The fourth-order valence-electron chi connectivity index (χ4n) is 2.34. The van der Waals surface area contributed by atoms with Gasteiger partial charge in [-0.05, 0) is 24.3 Å². The van der Waals surface area contributed by atoms with E-state index in [-0.39, 0.29) is 5.91 Å². The molecule has 2 aromatic rings. The van der Waals surface area contributed by atoms with E-state index in [1.165, 1.54) is 0 Å². The average Bonchev–Trinajstić information content (AvgIpc) is 3.09. The minimum atomic E-state index is 0.0262. The normalized spacial score (nSPS) is 14.8. The quantitative estimate of drug-likeness (QED) is 0.850. The molecule has 1 aromatic heterocycles. The summed E-state index contributed by atoms with van der Waals surface area (Å²) in [5, 5.41) is 11.8. The van der Waals surface area contributed by atoms with Gasteiger partial charge in [0.25, 0.3) is 5.91 Å². The number of hydrogen-bond acceptors (Lipinski definition) is 5. The summed E-state index contributed by atoms with van der Waals surface area (Å²) in [6.45, 7) is 2.99. The van der Waals surface area contributed by atoms with Crippen LogP contribution >= 0.6 is 11.3 Å². The minimum Gasteiger partial charge on any atom is -0.345 e. The molecule has 1 aliphatic heterocycles. The van der Waals surface area contributed by atoms with Gasteiger partial charge in [-0.3, -0.25) is 4.79 Å². The molecule has 0 aliphatic carbocycles. The first kappa shape index (κ1) is 13.6. The van der Waals surface area contributed by atoms with Gasteiger partial charge in [-0.25, -0.2) is 4.98 Å². The number of carbonyl (C=O) groups is 1. The number of hydrogen-bond donors (Lipinski definition) is 0.